The summed E-state index contributed by atoms with van der Waals surface area (Å²) in [4.78, 5) is 8.09. The number of benzene rings is 1. The van der Waals surface area contributed by atoms with Crippen molar-refractivity contribution in [3.05, 3.63) is 47.4 Å². The highest BCUT2D eigenvalue weighted by atomic mass is 16.5. The number of nitrogens with two attached hydrogens (primary N) is 1. The van der Waals surface area contributed by atoms with Crippen LogP contribution in [-0.2, 0) is 12.8 Å². The van der Waals surface area contributed by atoms with Crippen molar-refractivity contribution in [1.82, 2.24) is 9.97 Å². The Balaban J connectivity index is 1.91. The molecule has 3 rings (SSSR count). The van der Waals surface area contributed by atoms with Gasteiger partial charge in [-0.05, 0) is 42.5 Å². The van der Waals surface area contributed by atoms with Crippen LogP contribution in [0.2, 0.25) is 0 Å². The number of nitrogens with zero attached hydrogens (tertiary/aromatic N) is 2. The van der Waals surface area contributed by atoms with Gasteiger partial charge in [0.2, 0.25) is 5.88 Å². The van der Waals surface area contributed by atoms with Gasteiger partial charge in [-0.15, -0.1) is 0 Å². The van der Waals surface area contributed by atoms with Crippen molar-refractivity contribution in [3.8, 4) is 11.6 Å². The molecular formula is C14H14N4O. The van der Waals surface area contributed by atoms with Crippen molar-refractivity contribution < 1.29 is 4.74 Å². The first-order chi connectivity index (χ1) is 9.24. The van der Waals surface area contributed by atoms with Crippen LogP contribution < -0.4 is 10.5 Å². The molecule has 1 aliphatic rings. The predicted molar refractivity (Wildman–Crippen MR) is 71.6 cm³/mol. The molecule has 1 aromatic carbocycles. The standard InChI is InChI=1S/C14H14N4O/c15-13(16)12-14(18-7-6-17-12)19-11-5-4-9-2-1-3-10(9)8-11/h4-8H,1-3H2,(H3,15,16). The second kappa shape index (κ2) is 4.68. The maximum atomic E-state index is 7.46. The Labute approximate surface area is 111 Å². The van der Waals surface area contributed by atoms with Gasteiger partial charge in [0.1, 0.15) is 11.6 Å². The summed E-state index contributed by atoms with van der Waals surface area (Å²) >= 11 is 0. The number of nitrogens with one attached hydrogen (secondary N) is 1. The Morgan fingerprint density at radius 2 is 1.95 bits per heavy atom. The summed E-state index contributed by atoms with van der Waals surface area (Å²) in [5, 5.41) is 7.46. The minimum absolute atomic E-state index is 0.149. The first-order valence-electron chi connectivity index (χ1n) is 6.19. The van der Waals surface area contributed by atoms with E-state index in [0.717, 1.165) is 12.8 Å². The number of rotatable bonds is 3. The molecule has 1 heterocycles. The van der Waals surface area contributed by atoms with Crippen LogP contribution in [0.5, 0.6) is 11.6 Å². The Hall–Kier alpha value is -2.43. The maximum absolute atomic E-state index is 7.46. The molecule has 5 nitrogen and oxygen atoms in total. The molecule has 1 aromatic heterocycles. The molecule has 19 heavy (non-hydrogen) atoms. The second-order valence-corrected chi connectivity index (χ2v) is 4.51. The van der Waals surface area contributed by atoms with E-state index >= 15 is 0 Å². The van der Waals surface area contributed by atoms with Crippen LogP contribution >= 0.6 is 0 Å². The lowest BCUT2D eigenvalue weighted by Crippen LogP contribution is -2.15. The number of aryl methyl sites for hydroxylation is 2. The number of nitrogen functional groups attached to an aromatic ring is 1. The molecule has 96 valence electrons. The molecule has 0 fully saturated rings. The Bertz CT molecular complexity index is 639. The molecule has 1 aliphatic carbocycles. The molecule has 0 amide bonds. The highest BCUT2D eigenvalue weighted by molar-refractivity contribution is 5.95. The molecular weight excluding hydrogens is 240 g/mol. The van der Waals surface area contributed by atoms with E-state index in [0.29, 0.717) is 5.75 Å². The summed E-state index contributed by atoms with van der Waals surface area (Å²) in [5.74, 6) is 0.834. The Morgan fingerprint density at radius 1 is 1.16 bits per heavy atom. The van der Waals surface area contributed by atoms with Crippen LogP contribution in [0.15, 0.2) is 30.6 Å². The Kier molecular flexibility index (Phi) is 2.87. The quantitative estimate of drug-likeness (QED) is 0.648. The molecule has 2 aromatic rings. The first-order valence-corrected chi connectivity index (χ1v) is 6.19. The average Bonchev–Trinajstić information content (AvgIpc) is 2.86. The van der Waals surface area contributed by atoms with E-state index < -0.39 is 0 Å². The minimum Gasteiger partial charge on any atom is -0.437 e. The normalized spacial score (nSPS) is 13.1. The van der Waals surface area contributed by atoms with E-state index in [9.17, 15) is 0 Å². The van der Waals surface area contributed by atoms with Crippen molar-refractivity contribution in [2.45, 2.75) is 19.3 Å². The molecule has 0 saturated carbocycles. The van der Waals surface area contributed by atoms with Crippen LogP contribution in [0.1, 0.15) is 23.2 Å². The average molecular weight is 254 g/mol. The van der Waals surface area contributed by atoms with Crippen molar-refractivity contribution in [2.24, 2.45) is 5.73 Å². The second-order valence-electron chi connectivity index (χ2n) is 4.51. The zero-order valence-corrected chi connectivity index (χ0v) is 10.4. The molecule has 0 atom stereocenters. The van der Waals surface area contributed by atoms with Crippen LogP contribution in [-0.4, -0.2) is 15.8 Å². The van der Waals surface area contributed by atoms with Gasteiger partial charge in [0.05, 0.1) is 0 Å². The lowest BCUT2D eigenvalue weighted by atomic mass is 10.1. The highest BCUT2D eigenvalue weighted by Crippen LogP contribution is 2.28. The van der Waals surface area contributed by atoms with Crippen molar-refractivity contribution in [1.29, 1.82) is 5.41 Å². The Morgan fingerprint density at radius 3 is 2.79 bits per heavy atom. The van der Waals surface area contributed by atoms with Crippen LogP contribution in [0, 0.1) is 5.41 Å². The number of ether oxygens (including phenoxy) is 1. The summed E-state index contributed by atoms with van der Waals surface area (Å²) in [6, 6.07) is 6.03. The van der Waals surface area contributed by atoms with Gasteiger partial charge in [0, 0.05) is 12.4 Å². The maximum Gasteiger partial charge on any atom is 0.249 e. The molecule has 0 unspecified atom stereocenters. The molecule has 0 saturated heterocycles. The van der Waals surface area contributed by atoms with Crippen molar-refractivity contribution in [3.63, 3.8) is 0 Å². The lowest BCUT2D eigenvalue weighted by Gasteiger charge is -2.09. The van der Waals surface area contributed by atoms with Gasteiger partial charge in [-0.25, -0.2) is 9.97 Å². The molecule has 3 N–H and O–H groups in total. The molecule has 0 radical (unpaired) electrons. The fourth-order valence-electron chi connectivity index (χ4n) is 2.31. The smallest absolute Gasteiger partial charge is 0.249 e. The third-order valence-electron chi connectivity index (χ3n) is 3.20. The van der Waals surface area contributed by atoms with E-state index in [1.807, 2.05) is 12.1 Å². The van der Waals surface area contributed by atoms with Crippen molar-refractivity contribution in [2.75, 3.05) is 0 Å². The van der Waals surface area contributed by atoms with Crippen LogP contribution in [0.3, 0.4) is 0 Å². The zero-order valence-electron chi connectivity index (χ0n) is 10.4. The van der Waals surface area contributed by atoms with Gasteiger partial charge in [0.25, 0.3) is 0 Å². The fraction of sp³-hybridized carbons (Fsp3) is 0.214. The summed E-state index contributed by atoms with van der Waals surface area (Å²) < 4.78 is 5.70. The monoisotopic (exact) mass is 254 g/mol. The number of hydrogen-bond donors (Lipinski definition) is 2. The molecule has 5 heteroatoms. The third-order valence-corrected chi connectivity index (χ3v) is 3.20. The number of hydrogen-bond acceptors (Lipinski definition) is 4. The topological polar surface area (TPSA) is 84.9 Å². The number of amidine groups is 1. The van der Waals surface area contributed by atoms with Gasteiger partial charge in [0.15, 0.2) is 5.69 Å². The summed E-state index contributed by atoms with van der Waals surface area (Å²) in [6.07, 6.45) is 6.44. The van der Waals surface area contributed by atoms with Gasteiger partial charge < -0.3 is 10.5 Å². The van der Waals surface area contributed by atoms with Crippen LogP contribution in [0.4, 0.5) is 0 Å². The minimum atomic E-state index is -0.149. The molecule has 0 bridgehead atoms. The zero-order chi connectivity index (χ0) is 13.2. The number of fused-ring (bicyclic) bond motifs is 1. The van der Waals surface area contributed by atoms with Gasteiger partial charge >= 0.3 is 0 Å². The van der Waals surface area contributed by atoms with Gasteiger partial charge in [-0.1, -0.05) is 6.07 Å². The van der Waals surface area contributed by atoms with E-state index in [1.165, 1.54) is 29.9 Å². The molecule has 0 spiro atoms. The SMILES string of the molecule is N=C(N)c1nccnc1Oc1ccc2c(c1)CCC2. The summed E-state index contributed by atoms with van der Waals surface area (Å²) in [5.41, 5.74) is 8.44. The van der Waals surface area contributed by atoms with Gasteiger partial charge in [-0.2, -0.15) is 0 Å². The largest absolute Gasteiger partial charge is 0.437 e. The fourth-order valence-corrected chi connectivity index (χ4v) is 2.31. The van der Waals surface area contributed by atoms with Crippen molar-refractivity contribution >= 4 is 5.84 Å². The van der Waals surface area contributed by atoms with Crippen LogP contribution in [0.25, 0.3) is 0 Å². The van der Waals surface area contributed by atoms with E-state index in [1.54, 1.807) is 0 Å². The summed E-state index contributed by atoms with van der Waals surface area (Å²) in [7, 11) is 0. The van der Waals surface area contributed by atoms with Gasteiger partial charge in [-0.3, -0.25) is 5.41 Å². The molecule has 0 aliphatic heterocycles. The van der Waals surface area contributed by atoms with E-state index in [4.69, 9.17) is 15.9 Å². The van der Waals surface area contributed by atoms with E-state index in [-0.39, 0.29) is 17.4 Å². The highest BCUT2D eigenvalue weighted by Gasteiger charge is 2.14. The first kappa shape index (κ1) is 11.6. The number of aromatic nitrogens is 2. The third kappa shape index (κ3) is 2.27. The predicted octanol–water partition coefficient (Wildman–Crippen LogP) is 2.04. The lowest BCUT2D eigenvalue weighted by molar-refractivity contribution is 0.458. The van der Waals surface area contributed by atoms with E-state index in [2.05, 4.69) is 16.0 Å². The summed E-state index contributed by atoms with van der Waals surface area (Å²) in [6.45, 7) is 0.